The quantitative estimate of drug-likeness (QED) is 0.0865. The van der Waals surface area contributed by atoms with Crippen LogP contribution in [0, 0.1) is 0 Å². The highest BCUT2D eigenvalue weighted by atomic mass is 79.9. The van der Waals surface area contributed by atoms with Gasteiger partial charge in [0, 0.05) is 30.4 Å². The molecule has 2 heterocycles. The minimum Gasteiger partial charge on any atom is -0.508 e. The molecule has 0 saturated heterocycles. The van der Waals surface area contributed by atoms with E-state index >= 15 is 0 Å². The zero-order valence-electron chi connectivity index (χ0n) is 32.5. The number of hydrogen-bond donors (Lipinski definition) is 7. The van der Waals surface area contributed by atoms with E-state index in [0.29, 0.717) is 21.3 Å². The van der Waals surface area contributed by atoms with Crippen LogP contribution >= 0.6 is 39.1 Å². The van der Waals surface area contributed by atoms with Gasteiger partial charge in [0.1, 0.15) is 29.6 Å². The zero-order chi connectivity index (χ0) is 44.3. The molecule has 7 rings (SSSR count). The number of benzene rings is 5. The molecule has 4 bridgehead atoms. The Morgan fingerprint density at radius 3 is 2.20 bits per heavy atom. The second-order valence-corrected chi connectivity index (χ2v) is 15.7. The van der Waals surface area contributed by atoms with Gasteiger partial charge in [-0.1, -0.05) is 53.5 Å². The molecule has 0 aromatic heterocycles. The lowest BCUT2D eigenvalue weighted by Gasteiger charge is -2.33. The number of ether oxygens (including phenoxy) is 2. The van der Waals surface area contributed by atoms with Crippen molar-refractivity contribution in [2.24, 2.45) is 5.73 Å². The topological polar surface area (TPSA) is 230 Å². The number of carbonyl (C=O) groups excluding carboxylic acids is 5. The van der Waals surface area contributed by atoms with Crippen LogP contribution in [-0.2, 0) is 35.1 Å². The predicted molar refractivity (Wildman–Crippen MR) is 229 cm³/mol. The molecule has 61 heavy (non-hydrogen) atoms. The van der Waals surface area contributed by atoms with Gasteiger partial charge in [0.2, 0.25) is 23.6 Å². The molecule has 2 aliphatic heterocycles. The number of halogens is 3. The Morgan fingerprint density at radius 1 is 0.918 bits per heavy atom. The number of amides is 4. The molecule has 4 atom stereocenters. The summed E-state index contributed by atoms with van der Waals surface area (Å²) in [7, 11) is 2.47. The van der Waals surface area contributed by atoms with Gasteiger partial charge < -0.3 is 51.4 Å². The third kappa shape index (κ3) is 9.84. The number of fused-ring (bicyclic) bond motifs is 9. The maximum atomic E-state index is 14.8. The minimum atomic E-state index is -1.63. The highest BCUT2D eigenvalue weighted by molar-refractivity contribution is 9.10. The summed E-state index contributed by atoms with van der Waals surface area (Å²) >= 11 is 16.0. The predicted octanol–water partition coefficient (Wildman–Crippen LogP) is 6.56. The van der Waals surface area contributed by atoms with E-state index in [1.807, 2.05) is 0 Å². The van der Waals surface area contributed by atoms with Crippen LogP contribution in [0.25, 0.3) is 11.1 Å². The monoisotopic (exact) mass is 933 g/mol. The average molecular weight is 936 g/mol. The van der Waals surface area contributed by atoms with Gasteiger partial charge in [-0.15, -0.1) is 0 Å². The first-order valence-corrected chi connectivity index (χ1v) is 19.9. The number of nitrogens with two attached hydrogens (primary N) is 1. The molecule has 316 valence electrons. The van der Waals surface area contributed by atoms with Gasteiger partial charge in [0.05, 0.1) is 22.8 Å². The second-order valence-electron chi connectivity index (χ2n) is 14.0. The molecule has 0 radical (unpaired) electrons. The number of aromatic hydroxyl groups is 3. The molecule has 5 aromatic rings. The van der Waals surface area contributed by atoms with Crippen molar-refractivity contribution in [3.05, 3.63) is 128 Å². The Balaban J connectivity index is 1.49. The van der Waals surface area contributed by atoms with E-state index in [-0.39, 0.29) is 67.6 Å². The first-order chi connectivity index (χ1) is 28.9. The fraction of sp³-hybridized carbons (Fsp3) is 0.186. The Morgan fingerprint density at radius 2 is 1.57 bits per heavy atom. The maximum Gasteiger partial charge on any atom is 0.333 e. The van der Waals surface area contributed by atoms with Gasteiger partial charge in [-0.3, -0.25) is 19.2 Å². The first-order valence-electron chi connectivity index (χ1n) is 18.3. The third-order valence-corrected chi connectivity index (χ3v) is 11.1. The lowest BCUT2D eigenvalue weighted by atomic mass is 9.96. The summed E-state index contributed by atoms with van der Waals surface area (Å²) in [4.78, 5) is 69.4. The summed E-state index contributed by atoms with van der Waals surface area (Å²) in [5.74, 6) is -4.47. The Bertz CT molecular complexity index is 2520. The van der Waals surface area contributed by atoms with Crippen molar-refractivity contribution in [1.29, 1.82) is 0 Å². The van der Waals surface area contributed by atoms with Gasteiger partial charge in [0.25, 0.3) is 0 Å². The molecule has 5 aromatic carbocycles. The van der Waals surface area contributed by atoms with Crippen LogP contribution < -0.4 is 26.4 Å². The summed E-state index contributed by atoms with van der Waals surface area (Å²) in [6.07, 6.45) is -0.139. The smallest absolute Gasteiger partial charge is 0.333 e. The number of hydrogen-bond acceptors (Lipinski definition) is 11. The molecule has 2 aliphatic rings. The number of nitrogens with one attached hydrogen (secondary N) is 3. The fourth-order valence-corrected chi connectivity index (χ4v) is 7.47. The van der Waals surface area contributed by atoms with Gasteiger partial charge >= 0.3 is 5.97 Å². The summed E-state index contributed by atoms with van der Waals surface area (Å²) in [5, 5.41) is 39.4. The van der Waals surface area contributed by atoms with Gasteiger partial charge in [-0.25, -0.2) is 4.79 Å². The van der Waals surface area contributed by atoms with E-state index < -0.39 is 53.6 Å². The van der Waals surface area contributed by atoms with Crippen molar-refractivity contribution in [2.45, 2.75) is 37.5 Å². The number of carbonyl (C=O) groups is 5. The number of methoxy groups -OCH3 is 1. The number of anilines is 1. The van der Waals surface area contributed by atoms with Crippen LogP contribution in [-0.4, -0.2) is 70.0 Å². The SMILES string of the molecule is COC(=O)[C@H](NC(=O)[C@@H]1Cc2ccc(cc2)Oc2cc(cc(-c3ccc(Br)c(NC(C)=O)c3)c2O)[C@@H](N)C(=O)N[C@H](c2cc(Cl)c(O)c(Cl)c2)C(=O)N1C)c1ccc(O)cc1. The number of phenols is 3. The molecule has 0 spiro atoms. The minimum absolute atomic E-state index is 0.0159. The zero-order valence-corrected chi connectivity index (χ0v) is 35.6. The highest BCUT2D eigenvalue weighted by Crippen LogP contribution is 2.43. The highest BCUT2D eigenvalue weighted by Gasteiger charge is 2.37. The average Bonchev–Trinajstić information content (AvgIpc) is 3.23. The lowest BCUT2D eigenvalue weighted by molar-refractivity contribution is -0.147. The molecule has 8 N–H and O–H groups in total. The summed E-state index contributed by atoms with van der Waals surface area (Å²) < 4.78 is 11.7. The number of esters is 1. The van der Waals surface area contributed by atoms with E-state index in [1.54, 1.807) is 42.5 Å². The van der Waals surface area contributed by atoms with Crippen molar-refractivity contribution in [3.63, 3.8) is 0 Å². The molecular formula is C43H38BrCl2N5O10. The number of rotatable bonds is 7. The van der Waals surface area contributed by atoms with Gasteiger partial charge in [0.15, 0.2) is 23.3 Å². The molecule has 0 unspecified atom stereocenters. The molecule has 0 fully saturated rings. The van der Waals surface area contributed by atoms with Crippen LogP contribution in [0.1, 0.15) is 47.3 Å². The number of likely N-dealkylation sites (N-methyl/N-ethyl adjacent to an activating group) is 1. The molecule has 4 amide bonds. The van der Waals surface area contributed by atoms with Gasteiger partial charge in [-0.2, -0.15) is 0 Å². The van der Waals surface area contributed by atoms with Crippen molar-refractivity contribution >= 4 is 74.4 Å². The van der Waals surface area contributed by atoms with Crippen molar-refractivity contribution in [2.75, 3.05) is 19.5 Å². The largest absolute Gasteiger partial charge is 0.508 e. The van der Waals surface area contributed by atoms with E-state index in [2.05, 4.69) is 31.9 Å². The van der Waals surface area contributed by atoms with Crippen LogP contribution in [0.15, 0.2) is 95.5 Å². The van der Waals surface area contributed by atoms with E-state index in [4.69, 9.17) is 38.4 Å². The molecular weight excluding hydrogens is 897 g/mol. The first kappa shape index (κ1) is 44.2. The summed E-state index contributed by atoms with van der Waals surface area (Å²) in [6.45, 7) is 1.34. The van der Waals surface area contributed by atoms with Crippen molar-refractivity contribution in [1.82, 2.24) is 15.5 Å². The molecule has 0 saturated carbocycles. The molecule has 15 nitrogen and oxygen atoms in total. The normalized spacial score (nSPS) is 17.2. The van der Waals surface area contributed by atoms with Crippen LogP contribution in [0.3, 0.4) is 0 Å². The summed E-state index contributed by atoms with van der Waals surface area (Å²) in [5.41, 5.74) is 8.58. The van der Waals surface area contributed by atoms with E-state index in [9.17, 15) is 39.3 Å². The van der Waals surface area contributed by atoms with Crippen LogP contribution in [0.4, 0.5) is 5.69 Å². The summed E-state index contributed by atoms with van der Waals surface area (Å²) in [6, 6.07) is 16.3. The Hall–Kier alpha value is -6.33. The lowest BCUT2D eigenvalue weighted by Crippen LogP contribution is -2.54. The van der Waals surface area contributed by atoms with E-state index in [1.165, 1.54) is 62.5 Å². The Labute approximate surface area is 367 Å². The maximum absolute atomic E-state index is 14.8. The molecule has 18 heteroatoms. The van der Waals surface area contributed by atoms with Gasteiger partial charge in [-0.05, 0) is 104 Å². The van der Waals surface area contributed by atoms with Crippen molar-refractivity contribution < 1.29 is 48.8 Å². The third-order valence-electron chi connectivity index (χ3n) is 9.88. The van der Waals surface area contributed by atoms with Crippen molar-refractivity contribution in [3.8, 4) is 39.9 Å². The second kappa shape index (κ2) is 18.5. The standard InChI is InChI=1S/C43H38BrCl2N5O10/c1-20(52)48-32-18-23(8-13-29(32)44)28-15-24-19-34(38(28)54)61-27-11-4-21(5-12-27)14-33(40(56)50-37(43(59)60-3)22-6-9-26(53)10-7-22)51(2)42(58)36(49-41(57)35(24)47)25-16-30(45)39(55)31(46)17-25/h4-13,15-19,33,35-37,53-55H,14,47H2,1-3H3,(H,48,52)(H,49,57)(H,50,56)/t33-,35+,36+,37+/m0/s1. The fourth-order valence-electron chi connectivity index (χ4n) is 6.62. The number of nitrogens with zero attached hydrogens (tertiary/aromatic N) is 1. The van der Waals surface area contributed by atoms with E-state index in [0.717, 1.165) is 12.0 Å². The number of phenolic OH excluding ortho intramolecular Hbond substituents is 3. The van der Waals surface area contributed by atoms with Crippen LogP contribution in [0.5, 0.6) is 28.7 Å². The van der Waals surface area contributed by atoms with Crippen LogP contribution in [0.2, 0.25) is 10.0 Å². The Kier molecular flexibility index (Phi) is 13.4. The molecule has 0 aliphatic carbocycles.